The van der Waals surface area contributed by atoms with Gasteiger partial charge in [-0.25, -0.2) is 29.4 Å². The van der Waals surface area contributed by atoms with Crippen molar-refractivity contribution in [3.63, 3.8) is 0 Å². The third kappa shape index (κ3) is 17.9. The molecule has 0 atom stereocenters. The second-order valence-corrected chi connectivity index (χ2v) is 34.6. The first-order valence-electron chi connectivity index (χ1n) is 27.0. The van der Waals surface area contributed by atoms with Crippen LogP contribution in [0.5, 0.6) is 0 Å². The molecule has 2 saturated heterocycles. The minimum absolute atomic E-state index is 0.100. The van der Waals surface area contributed by atoms with Crippen LogP contribution in [0.25, 0.3) is 6.08 Å². The van der Waals surface area contributed by atoms with Gasteiger partial charge in [-0.05, 0) is 108 Å². The molecule has 0 N–H and O–H groups in total. The molecule has 4 aromatic rings. The van der Waals surface area contributed by atoms with Crippen molar-refractivity contribution in [3.05, 3.63) is 122 Å². The standard InChI is InChI=1S/C29H44N4O5Si.C29H42N4O5Si/c2*1-28(2,3)38-27(36)33-17-16-31(21-24(33)34)25-26(35)32(19-22-13-10-9-11-14-22)20-23(30-25)15-12-18-37-39(7,8)29(4,5)6/h9-11,13-14,20H,12,15-19,21H2,1-8H3;9-15,20H,16-19,21H2,1-8H3/b;15-12+. The van der Waals surface area contributed by atoms with E-state index < -0.39 is 51.8 Å². The molecule has 0 radical (unpaired) electrons. The van der Waals surface area contributed by atoms with Crippen molar-refractivity contribution in [2.45, 2.75) is 156 Å². The zero-order chi connectivity index (χ0) is 58.0. The van der Waals surface area contributed by atoms with Crippen LogP contribution in [0, 0.1) is 0 Å². The fourth-order valence-electron chi connectivity index (χ4n) is 7.70. The lowest BCUT2D eigenvalue weighted by Gasteiger charge is -2.36. The summed E-state index contributed by atoms with van der Waals surface area (Å²) in [6.07, 6.45) is 7.35. The minimum Gasteiger partial charge on any atom is -0.443 e. The van der Waals surface area contributed by atoms with Gasteiger partial charge in [0.2, 0.25) is 0 Å². The van der Waals surface area contributed by atoms with Gasteiger partial charge in [-0.15, -0.1) is 0 Å². The fourth-order valence-corrected chi connectivity index (χ4v) is 9.73. The van der Waals surface area contributed by atoms with Gasteiger partial charge in [-0.2, -0.15) is 0 Å². The van der Waals surface area contributed by atoms with Gasteiger partial charge in [-0.1, -0.05) is 108 Å². The van der Waals surface area contributed by atoms with E-state index in [1.807, 2.05) is 79.0 Å². The van der Waals surface area contributed by atoms with E-state index in [0.717, 1.165) is 33.0 Å². The number of piperazine rings is 2. The highest BCUT2D eigenvalue weighted by atomic mass is 28.4. The van der Waals surface area contributed by atoms with Crippen molar-refractivity contribution >= 4 is 58.3 Å². The van der Waals surface area contributed by atoms with Gasteiger partial charge in [0.25, 0.3) is 22.9 Å². The van der Waals surface area contributed by atoms with Crippen LogP contribution in [0.2, 0.25) is 36.3 Å². The molecular weight excluding hydrogens is 1020 g/mol. The maximum Gasteiger partial charge on any atom is 0.417 e. The number of ether oxygens (including phenoxy) is 2. The Labute approximate surface area is 464 Å². The predicted octanol–water partition coefficient (Wildman–Crippen LogP) is 9.74. The zero-order valence-electron chi connectivity index (χ0n) is 49.2. The first-order chi connectivity index (χ1) is 36.1. The number of carbonyl (C=O) groups is 4. The van der Waals surface area contributed by atoms with Crippen LogP contribution in [0.4, 0.5) is 21.2 Å². The molecule has 2 aromatic heterocycles. The number of nitrogens with zero attached hydrogens (tertiary/aromatic N) is 8. The lowest BCUT2D eigenvalue weighted by molar-refractivity contribution is -0.131. The number of rotatable bonds is 15. The molecule has 0 saturated carbocycles. The molecule has 426 valence electrons. The number of aromatic nitrogens is 4. The topological polar surface area (TPSA) is 188 Å². The molecular formula is C58H86N8O10Si2. The Morgan fingerprint density at radius 2 is 1.00 bits per heavy atom. The molecule has 4 heterocycles. The smallest absolute Gasteiger partial charge is 0.417 e. The summed E-state index contributed by atoms with van der Waals surface area (Å²) in [6.45, 7) is 35.0. The highest BCUT2D eigenvalue weighted by Gasteiger charge is 2.39. The Hall–Kier alpha value is -6.23. The lowest BCUT2D eigenvalue weighted by Crippen LogP contribution is -2.55. The van der Waals surface area contributed by atoms with Crippen LogP contribution in [0.3, 0.4) is 0 Å². The quantitative estimate of drug-likeness (QED) is 0.0808. The highest BCUT2D eigenvalue weighted by molar-refractivity contribution is 6.74. The van der Waals surface area contributed by atoms with Crippen molar-refractivity contribution in [2.75, 3.05) is 62.3 Å². The molecule has 0 unspecified atom stereocenters. The second-order valence-electron chi connectivity index (χ2n) is 25.0. The number of aryl methyl sites for hydroxylation is 1. The van der Waals surface area contributed by atoms with Gasteiger partial charge in [-0.3, -0.25) is 19.2 Å². The summed E-state index contributed by atoms with van der Waals surface area (Å²) in [5, 5.41) is 0.235. The molecule has 18 nitrogen and oxygen atoms in total. The number of hydrogen-bond donors (Lipinski definition) is 0. The minimum atomic E-state index is -1.91. The molecule has 4 amide bonds. The molecule has 20 heteroatoms. The van der Waals surface area contributed by atoms with E-state index in [0.29, 0.717) is 45.0 Å². The summed E-state index contributed by atoms with van der Waals surface area (Å²) in [6, 6.07) is 19.5. The average Bonchev–Trinajstić information content (AvgIpc) is 3.33. The van der Waals surface area contributed by atoms with E-state index in [1.165, 1.54) is 0 Å². The van der Waals surface area contributed by atoms with Crippen molar-refractivity contribution in [1.29, 1.82) is 0 Å². The molecule has 2 aliphatic rings. The maximum atomic E-state index is 13.5. The number of imide groups is 2. The van der Waals surface area contributed by atoms with Gasteiger partial charge >= 0.3 is 12.2 Å². The van der Waals surface area contributed by atoms with E-state index in [-0.39, 0.29) is 65.6 Å². The Balaban J connectivity index is 0.000000287. The lowest BCUT2D eigenvalue weighted by atomic mass is 10.2. The summed E-state index contributed by atoms with van der Waals surface area (Å²) >= 11 is 0. The van der Waals surface area contributed by atoms with E-state index in [1.54, 1.807) is 66.7 Å². The molecule has 0 aliphatic carbocycles. The van der Waals surface area contributed by atoms with Gasteiger partial charge in [0, 0.05) is 45.2 Å². The monoisotopic (exact) mass is 1110 g/mol. The molecule has 78 heavy (non-hydrogen) atoms. The molecule has 0 bridgehead atoms. The fraction of sp³-hybridized carbons (Fsp3) is 0.552. The Kier molecular flexibility index (Phi) is 20.6. The molecule has 6 rings (SSSR count). The van der Waals surface area contributed by atoms with Crippen LogP contribution >= 0.6 is 0 Å². The Morgan fingerprint density at radius 3 is 1.42 bits per heavy atom. The number of amides is 4. The molecule has 2 aromatic carbocycles. The predicted molar refractivity (Wildman–Crippen MR) is 312 cm³/mol. The number of carbonyl (C=O) groups excluding carboxylic acids is 4. The van der Waals surface area contributed by atoms with E-state index in [4.69, 9.17) is 23.3 Å². The van der Waals surface area contributed by atoms with Crippen LogP contribution in [-0.2, 0) is 47.4 Å². The zero-order valence-corrected chi connectivity index (χ0v) is 51.2. The van der Waals surface area contributed by atoms with Crippen LogP contribution < -0.4 is 20.9 Å². The third-order valence-electron chi connectivity index (χ3n) is 14.1. The van der Waals surface area contributed by atoms with Crippen molar-refractivity contribution in [1.82, 2.24) is 28.9 Å². The summed E-state index contributed by atoms with van der Waals surface area (Å²) in [4.78, 5) is 92.6. The maximum absolute atomic E-state index is 13.5. The third-order valence-corrected chi connectivity index (χ3v) is 23.2. The summed E-state index contributed by atoms with van der Waals surface area (Å²) < 4.78 is 26.6. The summed E-state index contributed by atoms with van der Waals surface area (Å²) in [7, 11) is -3.76. The second kappa shape index (κ2) is 25.7. The number of hydrogen-bond acceptors (Lipinski definition) is 14. The Bertz CT molecular complexity index is 2860. The van der Waals surface area contributed by atoms with Crippen LogP contribution in [0.15, 0.2) is 88.7 Å². The largest absolute Gasteiger partial charge is 0.443 e. The number of anilines is 2. The van der Waals surface area contributed by atoms with Crippen molar-refractivity contribution in [2.24, 2.45) is 0 Å². The molecule has 0 spiro atoms. The Morgan fingerprint density at radius 1 is 0.577 bits per heavy atom. The van der Waals surface area contributed by atoms with Crippen LogP contribution in [0.1, 0.15) is 112 Å². The molecule has 2 fully saturated rings. The normalized spacial score (nSPS) is 15.1. The molecule has 2 aliphatic heterocycles. The number of benzene rings is 2. The van der Waals surface area contributed by atoms with E-state index in [9.17, 15) is 28.8 Å². The van der Waals surface area contributed by atoms with Gasteiger partial charge in [0.05, 0.1) is 44.2 Å². The van der Waals surface area contributed by atoms with Crippen LogP contribution in [-0.4, -0.2) is 133 Å². The first-order valence-corrected chi connectivity index (χ1v) is 32.8. The first kappa shape index (κ1) is 62.6. The van der Waals surface area contributed by atoms with Gasteiger partial charge in [0.15, 0.2) is 28.3 Å². The van der Waals surface area contributed by atoms with Crippen molar-refractivity contribution < 1.29 is 37.5 Å². The summed E-state index contributed by atoms with van der Waals surface area (Å²) in [5.41, 5.74) is 1.34. The summed E-state index contributed by atoms with van der Waals surface area (Å²) in [5.74, 6) is -0.448. The van der Waals surface area contributed by atoms with Crippen molar-refractivity contribution in [3.8, 4) is 0 Å². The van der Waals surface area contributed by atoms with Gasteiger partial charge in [0.1, 0.15) is 11.2 Å². The highest BCUT2D eigenvalue weighted by Crippen LogP contribution is 2.37. The van der Waals surface area contributed by atoms with E-state index >= 15 is 0 Å². The SMILES string of the molecule is CC(C)(C)OC(=O)N1CCN(c2nc(/C=C/CO[Si](C)(C)C(C)(C)C)cn(Cc3ccccc3)c2=O)CC1=O.CC(C)(C)OC(=O)N1CCN(c2nc(CCCO[Si](C)(C)C(C)(C)C)cn(Cc3ccccc3)c2=O)CC1=O. The average molecular weight is 1110 g/mol. The van der Waals surface area contributed by atoms with Gasteiger partial charge < -0.3 is 37.3 Å². The van der Waals surface area contributed by atoms with E-state index in [2.05, 4.69) is 72.7 Å².